The zero-order chi connectivity index (χ0) is 20.2. The molecular formula is C23H19N3O3. The molecule has 0 saturated carbocycles. The Morgan fingerprint density at radius 1 is 1.00 bits per heavy atom. The fourth-order valence-electron chi connectivity index (χ4n) is 3.00. The van der Waals surface area contributed by atoms with Crippen LogP contribution < -0.4 is 10.1 Å². The van der Waals surface area contributed by atoms with Gasteiger partial charge in [-0.15, -0.1) is 0 Å². The first-order valence-electron chi connectivity index (χ1n) is 9.04. The molecule has 0 saturated heterocycles. The number of phenolic OH excluding ortho intramolecular Hbond substituents is 1. The van der Waals surface area contributed by atoms with E-state index >= 15 is 0 Å². The van der Waals surface area contributed by atoms with Gasteiger partial charge in [-0.1, -0.05) is 24.3 Å². The number of aromatic hydroxyl groups is 1. The third-order valence-corrected chi connectivity index (χ3v) is 4.45. The maximum absolute atomic E-state index is 13.0. The molecule has 0 spiro atoms. The number of benzene rings is 3. The molecule has 0 atom stereocenters. The highest BCUT2D eigenvalue weighted by Crippen LogP contribution is 2.27. The minimum absolute atomic E-state index is 0.0816. The fraction of sp³-hybridized carbons (Fsp3) is 0.0435. The Bertz CT molecular complexity index is 1140. The number of anilines is 1. The van der Waals surface area contributed by atoms with Crippen LogP contribution in [0.4, 0.5) is 5.69 Å². The molecule has 0 unspecified atom stereocenters. The molecule has 6 heteroatoms. The van der Waals surface area contributed by atoms with Gasteiger partial charge in [-0.25, -0.2) is 4.68 Å². The predicted molar refractivity (Wildman–Crippen MR) is 112 cm³/mol. The third kappa shape index (κ3) is 3.96. The monoisotopic (exact) mass is 385 g/mol. The standard InChI is InChI=1S/C23H19N3O3/c1-29-20-12-10-16(11-13-20)22-21(15-26(25-22)18-7-3-2-4-8-18)23(28)24-17-6-5-9-19(27)14-17/h2-15,27H,1H3,(H,24,28). The highest BCUT2D eigenvalue weighted by atomic mass is 16.5. The summed E-state index contributed by atoms with van der Waals surface area (Å²) in [5.41, 5.74) is 3.11. The molecule has 4 aromatic rings. The lowest BCUT2D eigenvalue weighted by Gasteiger charge is -2.06. The molecule has 0 aliphatic rings. The van der Waals surface area contributed by atoms with Crippen LogP contribution >= 0.6 is 0 Å². The number of hydrogen-bond acceptors (Lipinski definition) is 4. The average Bonchev–Trinajstić information content (AvgIpc) is 3.20. The molecule has 2 N–H and O–H groups in total. The SMILES string of the molecule is COc1ccc(-c2nn(-c3ccccc3)cc2C(=O)Nc2cccc(O)c2)cc1. The minimum Gasteiger partial charge on any atom is -0.508 e. The van der Waals surface area contributed by atoms with E-state index in [0.29, 0.717) is 16.9 Å². The lowest BCUT2D eigenvalue weighted by Crippen LogP contribution is -2.12. The summed E-state index contributed by atoms with van der Waals surface area (Å²) >= 11 is 0. The highest BCUT2D eigenvalue weighted by Gasteiger charge is 2.19. The Kier molecular flexibility index (Phi) is 4.99. The summed E-state index contributed by atoms with van der Waals surface area (Å²) in [4.78, 5) is 13.0. The Balaban J connectivity index is 1.75. The molecule has 1 aromatic heterocycles. The van der Waals surface area contributed by atoms with E-state index in [1.54, 1.807) is 36.2 Å². The van der Waals surface area contributed by atoms with Crippen LogP contribution in [0.1, 0.15) is 10.4 Å². The first-order chi connectivity index (χ1) is 14.1. The molecule has 0 fully saturated rings. The molecule has 0 aliphatic carbocycles. The Morgan fingerprint density at radius 2 is 1.76 bits per heavy atom. The van der Waals surface area contributed by atoms with Gasteiger partial charge in [0.25, 0.3) is 5.91 Å². The average molecular weight is 385 g/mol. The summed E-state index contributed by atoms with van der Waals surface area (Å²) < 4.78 is 6.90. The van der Waals surface area contributed by atoms with Crippen molar-refractivity contribution >= 4 is 11.6 Å². The van der Waals surface area contributed by atoms with Crippen molar-refractivity contribution in [2.75, 3.05) is 12.4 Å². The van der Waals surface area contributed by atoms with Crippen LogP contribution in [0.15, 0.2) is 85.1 Å². The van der Waals surface area contributed by atoms with Crippen molar-refractivity contribution in [3.8, 4) is 28.4 Å². The molecule has 1 amide bonds. The summed E-state index contributed by atoms with van der Waals surface area (Å²) in [6, 6.07) is 23.4. The maximum atomic E-state index is 13.0. The summed E-state index contributed by atoms with van der Waals surface area (Å²) in [5.74, 6) is 0.490. The van der Waals surface area contributed by atoms with Crippen LogP contribution in [0.2, 0.25) is 0 Å². The fourth-order valence-corrected chi connectivity index (χ4v) is 3.00. The lowest BCUT2D eigenvalue weighted by molar-refractivity contribution is 0.102. The zero-order valence-corrected chi connectivity index (χ0v) is 15.7. The van der Waals surface area contributed by atoms with E-state index in [9.17, 15) is 9.90 Å². The highest BCUT2D eigenvalue weighted by molar-refractivity contribution is 6.08. The van der Waals surface area contributed by atoms with Crippen molar-refractivity contribution in [2.45, 2.75) is 0 Å². The van der Waals surface area contributed by atoms with Gasteiger partial charge in [0, 0.05) is 23.5 Å². The van der Waals surface area contributed by atoms with Gasteiger partial charge in [-0.3, -0.25) is 4.79 Å². The number of rotatable bonds is 5. The summed E-state index contributed by atoms with van der Waals surface area (Å²) in [7, 11) is 1.60. The van der Waals surface area contributed by atoms with Crippen LogP contribution in [0, 0.1) is 0 Å². The van der Waals surface area contributed by atoms with E-state index in [4.69, 9.17) is 4.74 Å². The molecule has 0 radical (unpaired) electrons. The van der Waals surface area contributed by atoms with E-state index in [2.05, 4.69) is 10.4 Å². The number of carbonyl (C=O) groups excluding carboxylic acids is 1. The van der Waals surface area contributed by atoms with E-state index in [1.807, 2.05) is 54.6 Å². The third-order valence-electron chi connectivity index (χ3n) is 4.45. The normalized spacial score (nSPS) is 10.5. The Labute approximate surface area is 168 Å². The summed E-state index contributed by atoms with van der Waals surface area (Å²) in [5, 5.41) is 17.1. The van der Waals surface area contributed by atoms with Gasteiger partial charge in [0.05, 0.1) is 18.4 Å². The smallest absolute Gasteiger partial charge is 0.259 e. The van der Waals surface area contributed by atoms with Crippen molar-refractivity contribution in [2.24, 2.45) is 0 Å². The van der Waals surface area contributed by atoms with Crippen molar-refractivity contribution in [1.82, 2.24) is 9.78 Å². The second kappa shape index (κ2) is 7.90. The first kappa shape index (κ1) is 18.3. The number of methoxy groups -OCH3 is 1. The molecule has 3 aromatic carbocycles. The molecule has 29 heavy (non-hydrogen) atoms. The number of aromatic nitrogens is 2. The van der Waals surface area contributed by atoms with Gasteiger partial charge < -0.3 is 15.2 Å². The Hall–Kier alpha value is -4.06. The Morgan fingerprint density at radius 3 is 2.45 bits per heavy atom. The molecule has 4 rings (SSSR count). The van der Waals surface area contributed by atoms with Gasteiger partial charge in [-0.05, 0) is 48.5 Å². The topological polar surface area (TPSA) is 76.4 Å². The number of nitrogens with zero attached hydrogens (tertiary/aromatic N) is 2. The van der Waals surface area contributed by atoms with Crippen molar-refractivity contribution < 1.29 is 14.6 Å². The maximum Gasteiger partial charge on any atom is 0.259 e. The second-order valence-corrected chi connectivity index (χ2v) is 6.40. The quantitative estimate of drug-likeness (QED) is 0.530. The molecule has 6 nitrogen and oxygen atoms in total. The van der Waals surface area contributed by atoms with Gasteiger partial charge in [-0.2, -0.15) is 5.10 Å². The molecular weight excluding hydrogens is 366 g/mol. The van der Waals surface area contributed by atoms with Crippen LogP contribution in [0.5, 0.6) is 11.5 Å². The zero-order valence-electron chi connectivity index (χ0n) is 15.7. The number of phenols is 1. The number of hydrogen-bond donors (Lipinski definition) is 2. The van der Waals surface area contributed by atoms with Crippen LogP contribution in [0.3, 0.4) is 0 Å². The summed E-state index contributed by atoms with van der Waals surface area (Å²) in [6.45, 7) is 0. The van der Waals surface area contributed by atoms with Gasteiger partial charge in [0.1, 0.15) is 17.2 Å². The molecule has 0 aliphatic heterocycles. The number of amides is 1. The predicted octanol–water partition coefficient (Wildman–Crippen LogP) is 4.51. The lowest BCUT2D eigenvalue weighted by atomic mass is 10.1. The van der Waals surface area contributed by atoms with Crippen LogP contribution in [-0.2, 0) is 0 Å². The van der Waals surface area contributed by atoms with Crippen LogP contribution in [-0.4, -0.2) is 27.9 Å². The van der Waals surface area contributed by atoms with Crippen LogP contribution in [0.25, 0.3) is 16.9 Å². The van der Waals surface area contributed by atoms with Gasteiger partial charge >= 0.3 is 0 Å². The van der Waals surface area contributed by atoms with E-state index in [1.165, 1.54) is 6.07 Å². The van der Waals surface area contributed by atoms with Crippen molar-refractivity contribution in [1.29, 1.82) is 0 Å². The molecule has 0 bridgehead atoms. The van der Waals surface area contributed by atoms with Crippen molar-refractivity contribution in [3.05, 3.63) is 90.6 Å². The number of carbonyl (C=O) groups is 1. The first-order valence-corrected chi connectivity index (χ1v) is 9.04. The minimum atomic E-state index is -0.316. The van der Waals surface area contributed by atoms with Gasteiger partial charge in [0.15, 0.2) is 0 Å². The van der Waals surface area contributed by atoms with E-state index < -0.39 is 0 Å². The van der Waals surface area contributed by atoms with Crippen molar-refractivity contribution in [3.63, 3.8) is 0 Å². The number of nitrogens with one attached hydrogen (secondary N) is 1. The number of ether oxygens (including phenoxy) is 1. The number of para-hydroxylation sites is 1. The van der Waals surface area contributed by atoms with Gasteiger partial charge in [0.2, 0.25) is 0 Å². The van der Waals surface area contributed by atoms with E-state index in [0.717, 1.165) is 17.0 Å². The molecule has 1 heterocycles. The summed E-state index contributed by atoms with van der Waals surface area (Å²) in [6.07, 6.45) is 1.70. The largest absolute Gasteiger partial charge is 0.508 e. The molecule has 144 valence electrons. The second-order valence-electron chi connectivity index (χ2n) is 6.40. The van der Waals surface area contributed by atoms with E-state index in [-0.39, 0.29) is 11.7 Å².